The third-order valence-electron chi connectivity index (χ3n) is 6.52. The highest BCUT2D eigenvalue weighted by molar-refractivity contribution is 6.34. The van der Waals surface area contributed by atoms with Gasteiger partial charge in [-0.3, -0.25) is 4.98 Å². The number of fused-ring (bicyclic) bond motifs is 1. The van der Waals surface area contributed by atoms with Gasteiger partial charge in [-0.15, -0.1) is 5.10 Å². The summed E-state index contributed by atoms with van der Waals surface area (Å²) in [4.78, 5) is 5.48. The van der Waals surface area contributed by atoms with Crippen molar-refractivity contribution < 1.29 is 19.3 Å². The minimum Gasteiger partial charge on any atom is -0.488 e. The Kier molecular flexibility index (Phi) is 6.45. The molecular formula is C24H24ClFN8O3. The second-order valence-corrected chi connectivity index (χ2v) is 9.65. The average Bonchev–Trinajstić information content (AvgIpc) is 3.45. The predicted molar refractivity (Wildman–Crippen MR) is 130 cm³/mol. The average molecular weight is 527 g/mol. The number of rotatable bonds is 6. The van der Waals surface area contributed by atoms with Crippen molar-refractivity contribution in [3.05, 3.63) is 59.0 Å². The standard InChI is InChI=1S/C24H24ClFN8O3/c1-14-22(30-31-34(14)18-5-6-32(13-27)11-19(18)35)15-7-20(23-17(25)9-29-33(23)10-15)37-12-24(2,36)21-4-3-16(26)8-28-21/h3-4,7-10,18-19,35-36H,5-6,11-12H2,1-2H3/t18-,19-,24-/m0/s1. The highest BCUT2D eigenvalue weighted by Crippen LogP contribution is 2.35. The molecule has 0 radical (unpaired) electrons. The molecule has 4 aromatic heterocycles. The monoisotopic (exact) mass is 526 g/mol. The summed E-state index contributed by atoms with van der Waals surface area (Å²) < 4.78 is 22.5. The lowest BCUT2D eigenvalue weighted by molar-refractivity contribution is 0.00420. The van der Waals surface area contributed by atoms with Gasteiger partial charge in [0.15, 0.2) is 6.19 Å². The Morgan fingerprint density at radius 3 is 2.86 bits per heavy atom. The van der Waals surface area contributed by atoms with Gasteiger partial charge in [-0.25, -0.2) is 13.6 Å². The van der Waals surface area contributed by atoms with E-state index < -0.39 is 17.5 Å². The number of piperidine rings is 1. The normalized spacial score (nSPS) is 19.5. The third kappa shape index (κ3) is 4.69. The molecule has 0 bridgehead atoms. The van der Waals surface area contributed by atoms with Gasteiger partial charge in [0.25, 0.3) is 0 Å². The van der Waals surface area contributed by atoms with E-state index in [1.165, 1.54) is 30.2 Å². The van der Waals surface area contributed by atoms with Gasteiger partial charge in [0, 0.05) is 18.3 Å². The van der Waals surface area contributed by atoms with Crippen molar-refractivity contribution in [2.75, 3.05) is 19.7 Å². The Bertz CT molecular complexity index is 1480. The molecule has 0 saturated carbocycles. The van der Waals surface area contributed by atoms with E-state index in [0.29, 0.717) is 40.5 Å². The maximum absolute atomic E-state index is 13.3. The molecule has 11 nitrogen and oxygen atoms in total. The van der Waals surface area contributed by atoms with Crippen molar-refractivity contribution in [1.29, 1.82) is 5.26 Å². The van der Waals surface area contributed by atoms with Crippen molar-refractivity contribution in [3.63, 3.8) is 0 Å². The SMILES string of the molecule is Cc1c(-c2cc(OC[C@](C)(O)c3ccc(F)cn3)c3c(Cl)cnn3c2)nnn1[C@H]1CCN(C#N)C[C@@H]1O. The number of hydrogen-bond acceptors (Lipinski definition) is 9. The number of ether oxygens (including phenoxy) is 1. The molecule has 3 atom stereocenters. The van der Waals surface area contributed by atoms with Crippen LogP contribution in [0.3, 0.4) is 0 Å². The van der Waals surface area contributed by atoms with E-state index in [1.807, 2.05) is 6.92 Å². The topological polar surface area (TPSA) is 138 Å². The smallest absolute Gasteiger partial charge is 0.179 e. The molecule has 1 saturated heterocycles. The van der Waals surface area contributed by atoms with Gasteiger partial charge in [-0.05, 0) is 38.5 Å². The fourth-order valence-corrected chi connectivity index (χ4v) is 4.72. The van der Waals surface area contributed by atoms with E-state index in [9.17, 15) is 14.6 Å². The van der Waals surface area contributed by atoms with E-state index in [2.05, 4.69) is 26.6 Å². The van der Waals surface area contributed by atoms with Crippen LogP contribution in [0.1, 0.15) is 30.8 Å². The molecular weight excluding hydrogens is 503 g/mol. The first kappa shape index (κ1) is 24.9. The lowest BCUT2D eigenvalue weighted by Crippen LogP contribution is -2.43. The lowest BCUT2D eigenvalue weighted by Gasteiger charge is -2.33. The molecule has 37 heavy (non-hydrogen) atoms. The molecule has 2 N–H and O–H groups in total. The van der Waals surface area contributed by atoms with Crippen LogP contribution in [0.4, 0.5) is 4.39 Å². The molecule has 0 amide bonds. The second-order valence-electron chi connectivity index (χ2n) is 9.24. The summed E-state index contributed by atoms with van der Waals surface area (Å²) >= 11 is 6.37. The molecule has 0 aliphatic carbocycles. The summed E-state index contributed by atoms with van der Waals surface area (Å²) in [5.41, 5.74) is 1.15. The van der Waals surface area contributed by atoms with E-state index in [-0.39, 0.29) is 24.9 Å². The van der Waals surface area contributed by atoms with Crippen LogP contribution < -0.4 is 4.74 Å². The van der Waals surface area contributed by atoms with Gasteiger partial charge in [-0.1, -0.05) is 16.8 Å². The van der Waals surface area contributed by atoms with Gasteiger partial charge in [-0.2, -0.15) is 10.4 Å². The Balaban J connectivity index is 1.46. The minimum atomic E-state index is -1.51. The Hall–Kier alpha value is -3.79. The zero-order valence-corrected chi connectivity index (χ0v) is 20.8. The molecule has 0 spiro atoms. The number of nitriles is 1. The summed E-state index contributed by atoms with van der Waals surface area (Å²) in [5, 5.41) is 43.9. The van der Waals surface area contributed by atoms with Crippen LogP contribution >= 0.6 is 11.6 Å². The zero-order valence-electron chi connectivity index (χ0n) is 20.1. The molecule has 1 fully saturated rings. The minimum absolute atomic E-state index is 0.193. The maximum atomic E-state index is 13.3. The number of aliphatic hydroxyl groups is 2. The Morgan fingerprint density at radius 1 is 1.35 bits per heavy atom. The van der Waals surface area contributed by atoms with Gasteiger partial charge >= 0.3 is 0 Å². The van der Waals surface area contributed by atoms with Gasteiger partial charge < -0.3 is 19.8 Å². The molecule has 4 aromatic rings. The van der Waals surface area contributed by atoms with Crippen LogP contribution in [0.2, 0.25) is 5.02 Å². The van der Waals surface area contributed by atoms with Gasteiger partial charge in [0.1, 0.15) is 35.0 Å². The molecule has 0 unspecified atom stereocenters. The lowest BCUT2D eigenvalue weighted by atomic mass is 10.0. The number of aromatic nitrogens is 6. The fourth-order valence-electron chi connectivity index (χ4n) is 4.49. The largest absolute Gasteiger partial charge is 0.488 e. The van der Waals surface area contributed by atoms with Crippen LogP contribution in [-0.2, 0) is 5.60 Å². The Labute approximate surface area is 216 Å². The van der Waals surface area contributed by atoms with Gasteiger partial charge in [0.2, 0.25) is 0 Å². The first-order chi connectivity index (χ1) is 17.7. The number of β-amino-alcohol motifs (C(OH)–C–C–N with tert-alkyl or cyclic N) is 1. The second kappa shape index (κ2) is 9.59. The van der Waals surface area contributed by atoms with Crippen molar-refractivity contribution >= 4 is 17.1 Å². The number of hydrogen-bond donors (Lipinski definition) is 2. The van der Waals surface area contributed by atoms with Crippen molar-refractivity contribution in [1.82, 2.24) is 34.5 Å². The van der Waals surface area contributed by atoms with Crippen LogP contribution in [-0.4, -0.2) is 70.5 Å². The zero-order chi connectivity index (χ0) is 26.3. The summed E-state index contributed by atoms with van der Waals surface area (Å²) in [5.74, 6) is -0.161. The molecule has 13 heteroatoms. The summed E-state index contributed by atoms with van der Waals surface area (Å²) in [7, 11) is 0. The number of pyridine rings is 2. The molecule has 192 valence electrons. The first-order valence-electron chi connectivity index (χ1n) is 11.6. The van der Waals surface area contributed by atoms with E-state index in [1.54, 1.807) is 21.5 Å². The highest BCUT2D eigenvalue weighted by atomic mass is 35.5. The Morgan fingerprint density at radius 2 is 2.16 bits per heavy atom. The predicted octanol–water partition coefficient (Wildman–Crippen LogP) is 2.46. The van der Waals surface area contributed by atoms with Crippen LogP contribution in [0.15, 0.2) is 36.8 Å². The van der Waals surface area contributed by atoms with Gasteiger partial charge in [0.05, 0.1) is 47.5 Å². The first-order valence-corrected chi connectivity index (χ1v) is 11.9. The van der Waals surface area contributed by atoms with Crippen molar-refractivity contribution in [3.8, 4) is 23.2 Å². The molecule has 1 aliphatic rings. The quantitative estimate of drug-likeness (QED) is 0.363. The highest BCUT2D eigenvalue weighted by Gasteiger charge is 2.32. The molecule has 1 aliphatic heterocycles. The summed E-state index contributed by atoms with van der Waals surface area (Å²) in [6.07, 6.45) is 6.10. The van der Waals surface area contributed by atoms with Crippen LogP contribution in [0.5, 0.6) is 5.75 Å². The number of aliphatic hydroxyl groups excluding tert-OH is 1. The van der Waals surface area contributed by atoms with E-state index in [4.69, 9.17) is 21.6 Å². The van der Waals surface area contributed by atoms with Crippen molar-refractivity contribution in [2.45, 2.75) is 38.0 Å². The number of halogens is 2. The number of likely N-dealkylation sites (tertiary alicyclic amines) is 1. The third-order valence-corrected chi connectivity index (χ3v) is 6.80. The summed E-state index contributed by atoms with van der Waals surface area (Å²) in [6.45, 7) is 3.93. The maximum Gasteiger partial charge on any atom is 0.179 e. The molecule has 5 heterocycles. The fraction of sp³-hybridized carbons (Fsp3) is 0.375. The molecule has 0 aromatic carbocycles. The van der Waals surface area contributed by atoms with E-state index >= 15 is 0 Å². The molecule has 5 rings (SSSR count). The number of nitrogens with zero attached hydrogens (tertiary/aromatic N) is 8. The van der Waals surface area contributed by atoms with E-state index in [0.717, 1.165) is 11.9 Å². The van der Waals surface area contributed by atoms with Crippen LogP contribution in [0, 0.1) is 24.2 Å². The van der Waals surface area contributed by atoms with Crippen molar-refractivity contribution in [2.24, 2.45) is 0 Å². The van der Waals surface area contributed by atoms with Crippen LogP contribution in [0.25, 0.3) is 16.8 Å². The summed E-state index contributed by atoms with van der Waals surface area (Å²) in [6, 6.07) is 4.03.